The van der Waals surface area contributed by atoms with Crippen molar-refractivity contribution in [2.75, 3.05) is 6.61 Å². The molecule has 0 aromatic rings. The van der Waals surface area contributed by atoms with Crippen molar-refractivity contribution < 1.29 is 33.7 Å². The molecular formula is C21H38O7. The van der Waals surface area contributed by atoms with Crippen molar-refractivity contribution in [1.29, 1.82) is 0 Å². The SMILES string of the molecule is CCCCCCCCCCOC(=O)OC(C)OC(=O)CCCCCCC(=O)O. The Bertz CT molecular complexity index is 423. The van der Waals surface area contributed by atoms with Gasteiger partial charge >= 0.3 is 18.1 Å². The topological polar surface area (TPSA) is 99.1 Å². The molecule has 0 aromatic heterocycles. The average Bonchev–Trinajstić information content (AvgIpc) is 2.62. The maximum atomic E-state index is 11.7. The number of esters is 1. The highest BCUT2D eigenvalue weighted by atomic mass is 16.8. The van der Waals surface area contributed by atoms with Crippen LogP contribution in [0, 0.1) is 0 Å². The number of aliphatic carboxylic acids is 1. The number of carboxylic acid groups (broad SMARTS) is 1. The predicted molar refractivity (Wildman–Crippen MR) is 106 cm³/mol. The normalized spacial score (nSPS) is 11.6. The van der Waals surface area contributed by atoms with Crippen LogP contribution in [-0.2, 0) is 23.8 Å². The van der Waals surface area contributed by atoms with Gasteiger partial charge in [0.05, 0.1) is 6.61 Å². The zero-order valence-corrected chi connectivity index (χ0v) is 17.6. The van der Waals surface area contributed by atoms with Crippen LogP contribution in [0.5, 0.6) is 0 Å². The molecule has 1 atom stereocenters. The molecule has 0 aliphatic carbocycles. The van der Waals surface area contributed by atoms with Crippen molar-refractivity contribution in [1.82, 2.24) is 0 Å². The Morgan fingerprint density at radius 1 is 0.750 bits per heavy atom. The summed E-state index contributed by atoms with van der Waals surface area (Å²) in [7, 11) is 0. The Balaban J connectivity index is 3.53. The van der Waals surface area contributed by atoms with Crippen molar-refractivity contribution in [2.45, 2.75) is 110 Å². The first kappa shape index (κ1) is 26.2. The van der Waals surface area contributed by atoms with Crippen molar-refractivity contribution in [3.05, 3.63) is 0 Å². The second-order valence-electron chi connectivity index (χ2n) is 7.06. The van der Waals surface area contributed by atoms with Gasteiger partial charge in [-0.15, -0.1) is 0 Å². The standard InChI is InChI=1S/C21H38O7/c1-3-4-5-6-7-8-11-14-17-26-21(25)28-18(2)27-20(24)16-13-10-9-12-15-19(22)23/h18H,3-17H2,1-2H3,(H,22,23). The van der Waals surface area contributed by atoms with Crippen LogP contribution >= 0.6 is 0 Å². The molecule has 7 heteroatoms. The molecule has 0 bridgehead atoms. The second-order valence-corrected chi connectivity index (χ2v) is 7.06. The summed E-state index contributed by atoms with van der Waals surface area (Å²) in [5.74, 6) is -1.25. The van der Waals surface area contributed by atoms with Gasteiger partial charge in [0.2, 0.25) is 6.29 Å². The minimum Gasteiger partial charge on any atom is -0.481 e. The fraction of sp³-hybridized carbons (Fsp3) is 0.857. The molecule has 0 saturated heterocycles. The van der Waals surface area contributed by atoms with Gasteiger partial charge in [0.1, 0.15) is 0 Å². The van der Waals surface area contributed by atoms with E-state index in [2.05, 4.69) is 6.92 Å². The fourth-order valence-corrected chi connectivity index (χ4v) is 2.73. The molecule has 0 amide bonds. The van der Waals surface area contributed by atoms with Crippen LogP contribution < -0.4 is 0 Å². The van der Waals surface area contributed by atoms with Gasteiger partial charge in [-0.05, 0) is 19.3 Å². The lowest BCUT2D eigenvalue weighted by atomic mass is 10.1. The molecule has 0 heterocycles. The maximum absolute atomic E-state index is 11.7. The minimum absolute atomic E-state index is 0.149. The molecule has 0 rings (SSSR count). The van der Waals surface area contributed by atoms with Crippen LogP contribution in [-0.4, -0.2) is 36.1 Å². The Morgan fingerprint density at radius 3 is 1.89 bits per heavy atom. The zero-order valence-electron chi connectivity index (χ0n) is 17.6. The number of rotatable bonds is 18. The molecule has 0 aromatic carbocycles. The van der Waals surface area contributed by atoms with Gasteiger partial charge in [-0.3, -0.25) is 9.59 Å². The molecule has 28 heavy (non-hydrogen) atoms. The summed E-state index contributed by atoms with van der Waals surface area (Å²) in [5.41, 5.74) is 0. The van der Waals surface area contributed by atoms with Gasteiger partial charge in [-0.1, -0.05) is 64.7 Å². The van der Waals surface area contributed by atoms with E-state index in [-0.39, 0.29) is 12.8 Å². The lowest BCUT2D eigenvalue weighted by Crippen LogP contribution is -2.22. The minimum atomic E-state index is -0.981. The highest BCUT2D eigenvalue weighted by Crippen LogP contribution is 2.09. The second kappa shape index (κ2) is 18.6. The Labute approximate surface area is 169 Å². The number of carbonyl (C=O) groups is 3. The van der Waals surface area contributed by atoms with Crippen LogP contribution in [0.1, 0.15) is 104 Å². The van der Waals surface area contributed by atoms with Gasteiger partial charge in [0, 0.05) is 19.8 Å². The van der Waals surface area contributed by atoms with E-state index in [1.165, 1.54) is 39.0 Å². The summed E-state index contributed by atoms with van der Waals surface area (Å²) in [4.78, 5) is 33.6. The van der Waals surface area contributed by atoms with Crippen LogP contribution in [0.3, 0.4) is 0 Å². The van der Waals surface area contributed by atoms with Crippen LogP contribution in [0.25, 0.3) is 0 Å². The van der Waals surface area contributed by atoms with Crippen LogP contribution in [0.2, 0.25) is 0 Å². The molecule has 0 saturated carbocycles. The first-order chi connectivity index (χ1) is 13.5. The first-order valence-electron chi connectivity index (χ1n) is 10.7. The highest BCUT2D eigenvalue weighted by molar-refractivity contribution is 5.69. The van der Waals surface area contributed by atoms with E-state index >= 15 is 0 Å². The van der Waals surface area contributed by atoms with E-state index in [0.717, 1.165) is 32.1 Å². The first-order valence-corrected chi connectivity index (χ1v) is 10.7. The number of hydrogen-bond donors (Lipinski definition) is 1. The van der Waals surface area contributed by atoms with E-state index in [9.17, 15) is 14.4 Å². The molecule has 7 nitrogen and oxygen atoms in total. The maximum Gasteiger partial charge on any atom is 0.511 e. The molecule has 0 aliphatic heterocycles. The summed E-state index contributed by atoms with van der Waals surface area (Å²) < 4.78 is 14.9. The number of hydrogen-bond acceptors (Lipinski definition) is 6. The molecule has 164 valence electrons. The smallest absolute Gasteiger partial charge is 0.481 e. The predicted octanol–water partition coefficient (Wildman–Crippen LogP) is 5.59. The molecule has 1 unspecified atom stereocenters. The third kappa shape index (κ3) is 19.0. The molecule has 1 N–H and O–H groups in total. The van der Waals surface area contributed by atoms with Crippen molar-refractivity contribution in [3.8, 4) is 0 Å². The summed E-state index contributed by atoms with van der Waals surface area (Å²) in [5, 5.41) is 8.53. The summed E-state index contributed by atoms with van der Waals surface area (Å²) in [6.45, 7) is 3.99. The lowest BCUT2D eigenvalue weighted by Gasteiger charge is -2.14. The number of unbranched alkanes of at least 4 members (excludes halogenated alkanes) is 10. The van der Waals surface area contributed by atoms with E-state index in [0.29, 0.717) is 19.4 Å². The van der Waals surface area contributed by atoms with Crippen molar-refractivity contribution >= 4 is 18.1 Å². The van der Waals surface area contributed by atoms with E-state index in [1.54, 1.807) is 0 Å². The summed E-state index contributed by atoms with van der Waals surface area (Å²) in [6, 6.07) is 0. The molecular weight excluding hydrogens is 364 g/mol. The number of carbonyl (C=O) groups excluding carboxylic acids is 2. The Hall–Kier alpha value is -1.79. The number of carboxylic acids is 1. The summed E-state index contributed by atoms with van der Waals surface area (Å²) >= 11 is 0. The Kier molecular flexibility index (Phi) is 17.4. The van der Waals surface area contributed by atoms with Crippen molar-refractivity contribution in [3.63, 3.8) is 0 Å². The van der Waals surface area contributed by atoms with E-state index in [4.69, 9.17) is 19.3 Å². The lowest BCUT2D eigenvalue weighted by molar-refractivity contribution is -0.168. The van der Waals surface area contributed by atoms with Gasteiger partial charge in [-0.2, -0.15) is 0 Å². The van der Waals surface area contributed by atoms with Crippen LogP contribution in [0.15, 0.2) is 0 Å². The summed E-state index contributed by atoms with van der Waals surface area (Å²) in [6.07, 6.45) is 10.6. The molecule has 0 spiro atoms. The quantitative estimate of drug-likeness (QED) is 0.181. The third-order valence-electron chi connectivity index (χ3n) is 4.30. The number of ether oxygens (including phenoxy) is 3. The Morgan fingerprint density at radius 2 is 1.29 bits per heavy atom. The van der Waals surface area contributed by atoms with Gasteiger partial charge in [0.15, 0.2) is 0 Å². The van der Waals surface area contributed by atoms with Gasteiger partial charge in [0.25, 0.3) is 0 Å². The third-order valence-corrected chi connectivity index (χ3v) is 4.30. The van der Waals surface area contributed by atoms with E-state index in [1.807, 2.05) is 0 Å². The molecule has 0 aliphatic rings. The molecule has 0 radical (unpaired) electrons. The fourth-order valence-electron chi connectivity index (χ4n) is 2.73. The molecule has 0 fully saturated rings. The monoisotopic (exact) mass is 402 g/mol. The zero-order chi connectivity index (χ0) is 21.0. The van der Waals surface area contributed by atoms with Gasteiger partial charge in [-0.25, -0.2) is 4.79 Å². The van der Waals surface area contributed by atoms with E-state index < -0.39 is 24.4 Å². The van der Waals surface area contributed by atoms with Crippen molar-refractivity contribution in [2.24, 2.45) is 0 Å². The highest BCUT2D eigenvalue weighted by Gasteiger charge is 2.14. The van der Waals surface area contributed by atoms with Crippen LogP contribution in [0.4, 0.5) is 4.79 Å². The average molecular weight is 403 g/mol. The van der Waals surface area contributed by atoms with Gasteiger partial charge < -0.3 is 19.3 Å². The largest absolute Gasteiger partial charge is 0.511 e.